The quantitative estimate of drug-likeness (QED) is 0.768. The SMILES string of the molecule is Cc1ccccc1C[C@H]1C[C@H]2[C@@H]3CC[C@H]4N(C)C(=O)C=C[C@]4(C)[C@H]3CC[C@]2(C)[C@H]1O. The first kappa shape index (κ1) is 20.3. The van der Waals surface area contributed by atoms with Crippen molar-refractivity contribution in [3.63, 3.8) is 0 Å². The lowest BCUT2D eigenvalue weighted by Crippen LogP contribution is -2.59. The molecule has 30 heavy (non-hydrogen) atoms. The number of benzene rings is 1. The minimum atomic E-state index is -0.209. The van der Waals surface area contributed by atoms with Gasteiger partial charge in [0.15, 0.2) is 0 Å². The highest BCUT2D eigenvalue weighted by molar-refractivity contribution is 5.89. The predicted octanol–water partition coefficient (Wildman–Crippen LogP) is 4.76. The van der Waals surface area contributed by atoms with Gasteiger partial charge in [-0.25, -0.2) is 0 Å². The molecule has 3 nitrogen and oxygen atoms in total. The van der Waals surface area contributed by atoms with Crippen LogP contribution >= 0.6 is 0 Å². The summed E-state index contributed by atoms with van der Waals surface area (Å²) in [5, 5.41) is 11.5. The Morgan fingerprint density at radius 3 is 2.67 bits per heavy atom. The third-order valence-electron chi connectivity index (χ3n) is 9.99. The van der Waals surface area contributed by atoms with Crippen molar-refractivity contribution < 1.29 is 9.90 Å². The van der Waals surface area contributed by atoms with E-state index in [4.69, 9.17) is 0 Å². The summed E-state index contributed by atoms with van der Waals surface area (Å²) >= 11 is 0. The molecule has 1 N–H and O–H groups in total. The fraction of sp³-hybridized carbons (Fsp3) is 0.667. The van der Waals surface area contributed by atoms with Gasteiger partial charge in [0.25, 0.3) is 0 Å². The minimum Gasteiger partial charge on any atom is -0.392 e. The first-order valence-electron chi connectivity index (χ1n) is 11.9. The van der Waals surface area contributed by atoms with E-state index in [1.807, 2.05) is 18.0 Å². The van der Waals surface area contributed by atoms with E-state index < -0.39 is 0 Å². The zero-order valence-electron chi connectivity index (χ0n) is 19.0. The maximum absolute atomic E-state index is 12.3. The van der Waals surface area contributed by atoms with Crippen molar-refractivity contribution in [2.45, 2.75) is 71.4 Å². The lowest BCUT2D eigenvalue weighted by molar-refractivity contribution is -0.140. The summed E-state index contributed by atoms with van der Waals surface area (Å²) in [6, 6.07) is 8.99. The summed E-state index contributed by atoms with van der Waals surface area (Å²) in [7, 11) is 1.99. The fourth-order valence-corrected chi connectivity index (χ4v) is 8.21. The maximum atomic E-state index is 12.3. The summed E-state index contributed by atoms with van der Waals surface area (Å²) < 4.78 is 0. The average Bonchev–Trinajstić information content (AvgIpc) is 2.98. The number of nitrogens with zero attached hydrogens (tertiary/aromatic N) is 1. The Hall–Kier alpha value is -1.61. The van der Waals surface area contributed by atoms with Gasteiger partial charge >= 0.3 is 0 Å². The second-order valence-corrected chi connectivity index (χ2v) is 11.2. The van der Waals surface area contributed by atoms with Crippen LogP contribution in [0.3, 0.4) is 0 Å². The molecule has 0 radical (unpaired) electrons. The molecule has 3 saturated carbocycles. The highest BCUT2D eigenvalue weighted by Gasteiger charge is 2.62. The van der Waals surface area contributed by atoms with Gasteiger partial charge in [0.1, 0.15) is 0 Å². The highest BCUT2D eigenvalue weighted by Crippen LogP contribution is 2.65. The van der Waals surface area contributed by atoms with Crippen LogP contribution in [0.2, 0.25) is 0 Å². The van der Waals surface area contributed by atoms with E-state index in [1.165, 1.54) is 24.0 Å². The van der Waals surface area contributed by atoms with Gasteiger partial charge in [-0.3, -0.25) is 4.79 Å². The number of fused-ring (bicyclic) bond motifs is 5. The molecule has 0 spiro atoms. The summed E-state index contributed by atoms with van der Waals surface area (Å²) in [4.78, 5) is 14.3. The third-order valence-corrected chi connectivity index (χ3v) is 9.99. The van der Waals surface area contributed by atoms with Crippen molar-refractivity contribution in [2.24, 2.45) is 34.5 Å². The van der Waals surface area contributed by atoms with Gasteiger partial charge in [0.2, 0.25) is 5.91 Å². The lowest BCUT2D eigenvalue weighted by Gasteiger charge is -2.60. The number of hydrogen-bond acceptors (Lipinski definition) is 2. The van der Waals surface area contributed by atoms with Crippen molar-refractivity contribution in [3.8, 4) is 0 Å². The molecule has 3 fully saturated rings. The van der Waals surface area contributed by atoms with E-state index in [2.05, 4.69) is 51.1 Å². The summed E-state index contributed by atoms with van der Waals surface area (Å²) in [6.45, 7) is 6.96. The molecule has 0 saturated heterocycles. The summed E-state index contributed by atoms with van der Waals surface area (Å²) in [5.74, 6) is 2.38. The Bertz CT molecular complexity index is 877. The van der Waals surface area contributed by atoms with E-state index in [1.54, 1.807) is 0 Å². The number of hydrogen-bond donors (Lipinski definition) is 1. The molecule has 0 aromatic heterocycles. The van der Waals surface area contributed by atoms with E-state index in [0.717, 1.165) is 25.7 Å². The van der Waals surface area contributed by atoms with Crippen LogP contribution in [0.15, 0.2) is 36.4 Å². The second kappa shape index (κ2) is 6.95. The summed E-state index contributed by atoms with van der Waals surface area (Å²) in [5.41, 5.74) is 2.85. The van der Waals surface area contributed by atoms with Crippen LogP contribution in [0.1, 0.15) is 57.1 Å². The van der Waals surface area contributed by atoms with Gasteiger partial charge < -0.3 is 10.0 Å². The van der Waals surface area contributed by atoms with Crippen LogP contribution in [-0.4, -0.2) is 35.1 Å². The van der Waals surface area contributed by atoms with Gasteiger partial charge in [-0.15, -0.1) is 0 Å². The van der Waals surface area contributed by atoms with E-state index in [0.29, 0.717) is 29.7 Å². The first-order valence-corrected chi connectivity index (χ1v) is 11.9. The molecule has 1 aromatic rings. The highest BCUT2D eigenvalue weighted by atomic mass is 16.3. The molecule has 5 rings (SSSR count). The molecule has 4 aliphatic rings. The second-order valence-electron chi connectivity index (χ2n) is 11.2. The lowest BCUT2D eigenvalue weighted by atomic mass is 9.48. The fourth-order valence-electron chi connectivity index (χ4n) is 8.21. The number of aliphatic hydroxyl groups is 1. The first-order chi connectivity index (χ1) is 14.3. The minimum absolute atomic E-state index is 0.0395. The number of rotatable bonds is 2. The topological polar surface area (TPSA) is 40.5 Å². The zero-order chi connectivity index (χ0) is 21.3. The number of aryl methyl sites for hydroxylation is 1. The molecule has 8 atom stereocenters. The molecular formula is C27H37NO2. The van der Waals surface area contributed by atoms with Crippen LogP contribution in [0.5, 0.6) is 0 Å². The van der Waals surface area contributed by atoms with E-state index >= 15 is 0 Å². The molecule has 3 heteroatoms. The Kier molecular flexibility index (Phi) is 4.70. The van der Waals surface area contributed by atoms with E-state index in [-0.39, 0.29) is 22.8 Å². The van der Waals surface area contributed by atoms with Crippen LogP contribution < -0.4 is 0 Å². The third kappa shape index (κ3) is 2.77. The Morgan fingerprint density at radius 1 is 1.13 bits per heavy atom. The molecule has 0 unspecified atom stereocenters. The monoisotopic (exact) mass is 407 g/mol. The van der Waals surface area contributed by atoms with Gasteiger partial charge in [-0.05, 0) is 91.7 Å². The van der Waals surface area contributed by atoms with Crippen LogP contribution in [0, 0.1) is 41.4 Å². The molecule has 1 amide bonds. The molecule has 1 aromatic carbocycles. The standard InChI is InChI=1S/C27H37NO2/c1-17-7-5-6-8-18(17)15-19-16-22-20-9-10-23-26(2,14-12-24(29)28(23)4)21(20)11-13-27(22,3)25(19)30/h5-8,12,14,19-23,25,30H,9-11,13,15-16H2,1-4H3/t19-,20+,21-,22-,23+,25-,26+,27-/m0/s1. The molecule has 0 bridgehead atoms. The van der Waals surface area contributed by atoms with Crippen LogP contribution in [0.4, 0.5) is 0 Å². The van der Waals surface area contributed by atoms with Crippen molar-refractivity contribution in [2.75, 3.05) is 7.05 Å². The maximum Gasteiger partial charge on any atom is 0.246 e. The molecule has 162 valence electrons. The number of carbonyl (C=O) groups is 1. The number of likely N-dealkylation sites (N-methyl/N-ethyl adjacent to an activating group) is 1. The molecular weight excluding hydrogens is 370 g/mol. The van der Waals surface area contributed by atoms with Crippen molar-refractivity contribution in [1.29, 1.82) is 0 Å². The number of amides is 1. The van der Waals surface area contributed by atoms with E-state index in [9.17, 15) is 9.90 Å². The van der Waals surface area contributed by atoms with Crippen molar-refractivity contribution in [3.05, 3.63) is 47.5 Å². The number of aliphatic hydroxyl groups excluding tert-OH is 1. The molecule has 3 aliphatic carbocycles. The largest absolute Gasteiger partial charge is 0.392 e. The zero-order valence-corrected chi connectivity index (χ0v) is 19.0. The van der Waals surface area contributed by atoms with Gasteiger partial charge in [0.05, 0.1) is 6.10 Å². The van der Waals surface area contributed by atoms with Gasteiger partial charge in [-0.1, -0.05) is 44.2 Å². The molecule has 1 aliphatic heterocycles. The smallest absolute Gasteiger partial charge is 0.246 e. The van der Waals surface area contributed by atoms with Crippen molar-refractivity contribution in [1.82, 2.24) is 4.90 Å². The molecule has 1 heterocycles. The Morgan fingerprint density at radius 2 is 1.90 bits per heavy atom. The Balaban J connectivity index is 1.43. The predicted molar refractivity (Wildman–Crippen MR) is 120 cm³/mol. The number of carbonyl (C=O) groups excluding carboxylic acids is 1. The van der Waals surface area contributed by atoms with Crippen LogP contribution in [0.25, 0.3) is 0 Å². The average molecular weight is 408 g/mol. The summed E-state index contributed by atoms with van der Waals surface area (Å²) in [6.07, 6.45) is 10.6. The van der Waals surface area contributed by atoms with Gasteiger partial charge in [0, 0.05) is 18.5 Å². The van der Waals surface area contributed by atoms with Gasteiger partial charge in [-0.2, -0.15) is 0 Å². The normalized spacial score (nSPS) is 45.1. The van der Waals surface area contributed by atoms with Crippen molar-refractivity contribution >= 4 is 5.91 Å². The Labute approximate surface area is 181 Å². The van der Waals surface area contributed by atoms with Crippen LogP contribution in [-0.2, 0) is 11.2 Å².